The molecule has 2 rings (SSSR count). The zero-order valence-electron chi connectivity index (χ0n) is 11.3. The third-order valence-electron chi connectivity index (χ3n) is 2.84. The molecule has 0 fully saturated rings. The normalized spacial score (nSPS) is 10.8. The van der Waals surface area contributed by atoms with Crippen molar-refractivity contribution in [2.24, 2.45) is 0 Å². The van der Waals surface area contributed by atoms with E-state index in [0.29, 0.717) is 23.4 Å². The van der Waals surface area contributed by atoms with Crippen molar-refractivity contribution in [2.45, 2.75) is 26.5 Å². The molecule has 0 bridgehead atoms. The summed E-state index contributed by atoms with van der Waals surface area (Å²) in [6.07, 6.45) is 2.73. The van der Waals surface area contributed by atoms with Crippen molar-refractivity contribution >= 4 is 15.9 Å². The molecule has 5 heteroatoms. The number of benzene rings is 1. The standard InChI is InChI=1S/C15H17BrFNO2/c1-2-6-18-9-15-11(5-7-19-15)10-20-12-3-4-14(17)13(16)8-12/h3-5,7-8,18H,2,6,9-10H2,1H3. The molecule has 0 aliphatic heterocycles. The molecule has 1 aromatic heterocycles. The van der Waals surface area contributed by atoms with Gasteiger partial charge in [0.25, 0.3) is 0 Å². The molecule has 1 aromatic carbocycles. The van der Waals surface area contributed by atoms with Crippen molar-refractivity contribution in [1.29, 1.82) is 0 Å². The largest absolute Gasteiger partial charge is 0.489 e. The van der Waals surface area contributed by atoms with Crippen LogP contribution in [-0.4, -0.2) is 6.54 Å². The van der Waals surface area contributed by atoms with Crippen molar-refractivity contribution in [1.82, 2.24) is 5.32 Å². The predicted molar refractivity (Wildman–Crippen MR) is 79.1 cm³/mol. The van der Waals surface area contributed by atoms with Crippen LogP contribution in [0.2, 0.25) is 0 Å². The van der Waals surface area contributed by atoms with E-state index < -0.39 is 0 Å². The van der Waals surface area contributed by atoms with Gasteiger partial charge in [-0.15, -0.1) is 0 Å². The van der Waals surface area contributed by atoms with Gasteiger partial charge in [-0.1, -0.05) is 6.92 Å². The molecule has 0 radical (unpaired) electrons. The summed E-state index contributed by atoms with van der Waals surface area (Å²) in [6.45, 7) is 4.15. The van der Waals surface area contributed by atoms with E-state index in [9.17, 15) is 4.39 Å². The molecule has 0 unspecified atom stereocenters. The number of ether oxygens (including phenoxy) is 1. The van der Waals surface area contributed by atoms with Gasteiger partial charge in [0.1, 0.15) is 23.9 Å². The van der Waals surface area contributed by atoms with Gasteiger partial charge in [0.2, 0.25) is 0 Å². The topological polar surface area (TPSA) is 34.4 Å². The summed E-state index contributed by atoms with van der Waals surface area (Å²) >= 11 is 3.14. The average molecular weight is 342 g/mol. The summed E-state index contributed by atoms with van der Waals surface area (Å²) in [6, 6.07) is 6.49. The van der Waals surface area contributed by atoms with E-state index in [1.165, 1.54) is 6.07 Å². The molecule has 0 saturated heterocycles. The van der Waals surface area contributed by atoms with Gasteiger partial charge in [0.15, 0.2) is 0 Å². The van der Waals surface area contributed by atoms with Gasteiger partial charge < -0.3 is 14.5 Å². The van der Waals surface area contributed by atoms with Crippen molar-refractivity contribution in [2.75, 3.05) is 6.54 Å². The van der Waals surface area contributed by atoms with Crippen molar-refractivity contribution in [3.63, 3.8) is 0 Å². The Morgan fingerprint density at radius 1 is 1.35 bits per heavy atom. The van der Waals surface area contributed by atoms with Gasteiger partial charge in [-0.25, -0.2) is 4.39 Å². The lowest BCUT2D eigenvalue weighted by Crippen LogP contribution is -2.14. The third-order valence-corrected chi connectivity index (χ3v) is 3.44. The van der Waals surface area contributed by atoms with E-state index in [4.69, 9.17) is 9.15 Å². The first-order valence-electron chi connectivity index (χ1n) is 6.54. The van der Waals surface area contributed by atoms with E-state index in [1.54, 1.807) is 18.4 Å². The molecule has 0 saturated carbocycles. The van der Waals surface area contributed by atoms with Crippen LogP contribution in [0.3, 0.4) is 0 Å². The van der Waals surface area contributed by atoms with Crippen LogP contribution in [-0.2, 0) is 13.2 Å². The fourth-order valence-corrected chi connectivity index (χ4v) is 2.11. The molecule has 3 nitrogen and oxygen atoms in total. The summed E-state index contributed by atoms with van der Waals surface area (Å²) < 4.78 is 24.6. The highest BCUT2D eigenvalue weighted by atomic mass is 79.9. The van der Waals surface area contributed by atoms with Crippen molar-refractivity contribution in [3.05, 3.63) is 52.1 Å². The number of hydrogen-bond acceptors (Lipinski definition) is 3. The molecule has 2 aromatic rings. The van der Waals surface area contributed by atoms with Crippen molar-refractivity contribution in [3.8, 4) is 5.75 Å². The van der Waals surface area contributed by atoms with E-state index in [-0.39, 0.29) is 5.82 Å². The number of furan rings is 1. The summed E-state index contributed by atoms with van der Waals surface area (Å²) in [5.41, 5.74) is 0.994. The zero-order chi connectivity index (χ0) is 14.4. The summed E-state index contributed by atoms with van der Waals surface area (Å²) in [4.78, 5) is 0. The second-order valence-electron chi connectivity index (χ2n) is 4.41. The number of nitrogens with one attached hydrogen (secondary N) is 1. The maximum absolute atomic E-state index is 13.1. The van der Waals surface area contributed by atoms with Gasteiger partial charge in [0, 0.05) is 5.56 Å². The van der Waals surface area contributed by atoms with Gasteiger partial charge in [-0.2, -0.15) is 0 Å². The average Bonchev–Trinajstić information content (AvgIpc) is 2.88. The van der Waals surface area contributed by atoms with E-state index in [0.717, 1.165) is 24.3 Å². The second kappa shape index (κ2) is 7.45. The molecule has 0 amide bonds. The summed E-state index contributed by atoms with van der Waals surface area (Å²) in [7, 11) is 0. The first-order chi connectivity index (χ1) is 9.70. The molecule has 0 aliphatic carbocycles. The second-order valence-corrected chi connectivity index (χ2v) is 5.26. The minimum absolute atomic E-state index is 0.301. The lowest BCUT2D eigenvalue weighted by molar-refractivity contribution is 0.300. The van der Waals surface area contributed by atoms with E-state index in [2.05, 4.69) is 28.2 Å². The Hall–Kier alpha value is -1.33. The van der Waals surface area contributed by atoms with Gasteiger partial charge in [-0.3, -0.25) is 0 Å². The van der Waals surface area contributed by atoms with Crippen LogP contribution in [0.25, 0.3) is 0 Å². The highest BCUT2D eigenvalue weighted by molar-refractivity contribution is 9.10. The molecule has 20 heavy (non-hydrogen) atoms. The number of halogens is 2. The molecule has 1 heterocycles. The molecule has 0 atom stereocenters. The Labute approximate surface area is 126 Å². The number of hydrogen-bond donors (Lipinski definition) is 1. The minimum atomic E-state index is -0.301. The maximum Gasteiger partial charge on any atom is 0.137 e. The van der Waals surface area contributed by atoms with Crippen LogP contribution >= 0.6 is 15.9 Å². The lowest BCUT2D eigenvalue weighted by Gasteiger charge is -2.07. The highest BCUT2D eigenvalue weighted by Crippen LogP contribution is 2.23. The first-order valence-corrected chi connectivity index (χ1v) is 7.33. The van der Waals surface area contributed by atoms with Crippen molar-refractivity contribution < 1.29 is 13.5 Å². The van der Waals surface area contributed by atoms with Gasteiger partial charge >= 0.3 is 0 Å². The Morgan fingerprint density at radius 3 is 2.95 bits per heavy atom. The fraction of sp³-hybridized carbons (Fsp3) is 0.333. The van der Waals surface area contributed by atoms with Crippen LogP contribution < -0.4 is 10.1 Å². The molecule has 1 N–H and O–H groups in total. The third kappa shape index (κ3) is 4.08. The van der Waals surface area contributed by atoms with Gasteiger partial charge in [0.05, 0.1) is 17.3 Å². The Morgan fingerprint density at radius 2 is 2.20 bits per heavy atom. The fourth-order valence-electron chi connectivity index (χ4n) is 1.76. The molecule has 0 spiro atoms. The van der Waals surface area contributed by atoms with E-state index >= 15 is 0 Å². The van der Waals surface area contributed by atoms with E-state index in [1.807, 2.05) is 6.07 Å². The molecule has 0 aliphatic rings. The molecular formula is C15H17BrFNO2. The van der Waals surface area contributed by atoms with Crippen LogP contribution in [0, 0.1) is 5.82 Å². The quantitative estimate of drug-likeness (QED) is 0.764. The smallest absolute Gasteiger partial charge is 0.137 e. The van der Waals surface area contributed by atoms with Crippen LogP contribution in [0.15, 0.2) is 39.4 Å². The number of rotatable bonds is 7. The summed E-state index contributed by atoms with van der Waals surface area (Å²) in [5, 5.41) is 3.29. The molecular weight excluding hydrogens is 325 g/mol. The van der Waals surface area contributed by atoms with Crippen LogP contribution in [0.4, 0.5) is 4.39 Å². The minimum Gasteiger partial charge on any atom is -0.489 e. The maximum atomic E-state index is 13.1. The Kier molecular flexibility index (Phi) is 5.61. The Bertz CT molecular complexity index is 557. The van der Waals surface area contributed by atoms with Crippen LogP contribution in [0.1, 0.15) is 24.7 Å². The lowest BCUT2D eigenvalue weighted by atomic mass is 10.2. The summed E-state index contributed by atoms with van der Waals surface area (Å²) in [5.74, 6) is 1.19. The predicted octanol–water partition coefficient (Wildman–Crippen LogP) is 4.26. The zero-order valence-corrected chi connectivity index (χ0v) is 12.9. The van der Waals surface area contributed by atoms with Crippen LogP contribution in [0.5, 0.6) is 5.75 Å². The molecule has 108 valence electrons. The first kappa shape index (κ1) is 15.1. The monoisotopic (exact) mass is 341 g/mol. The highest BCUT2D eigenvalue weighted by Gasteiger charge is 2.07. The SMILES string of the molecule is CCCNCc1occc1COc1ccc(F)c(Br)c1. The Balaban J connectivity index is 1.93. The van der Waals surface area contributed by atoms with Gasteiger partial charge in [-0.05, 0) is 53.2 Å².